The lowest BCUT2D eigenvalue weighted by Crippen LogP contribution is -2.43. The second-order valence-corrected chi connectivity index (χ2v) is 7.63. The summed E-state index contributed by atoms with van der Waals surface area (Å²) in [7, 11) is 1.59. The van der Waals surface area contributed by atoms with E-state index < -0.39 is 17.5 Å². The fraction of sp³-hybridized carbons (Fsp3) is 0.318. The molecule has 1 saturated heterocycles. The fourth-order valence-electron chi connectivity index (χ4n) is 3.45. The summed E-state index contributed by atoms with van der Waals surface area (Å²) in [5.41, 5.74) is 0.0620. The van der Waals surface area contributed by atoms with Gasteiger partial charge in [-0.05, 0) is 53.8 Å². The molecular weight excluding hydrogens is 380 g/mol. The molecular formula is C22H23ClO5. The van der Waals surface area contributed by atoms with Crippen molar-refractivity contribution in [1.82, 2.24) is 0 Å². The minimum Gasteiger partial charge on any atom is -0.506 e. The van der Waals surface area contributed by atoms with Crippen molar-refractivity contribution in [3.63, 3.8) is 0 Å². The highest BCUT2D eigenvalue weighted by molar-refractivity contribution is 6.32. The molecule has 0 saturated carbocycles. The molecule has 2 aromatic carbocycles. The Morgan fingerprint density at radius 1 is 1.25 bits per heavy atom. The minimum absolute atomic E-state index is 0.0290. The van der Waals surface area contributed by atoms with Crippen molar-refractivity contribution in [1.29, 1.82) is 0 Å². The van der Waals surface area contributed by atoms with E-state index in [1.165, 1.54) is 6.07 Å². The van der Waals surface area contributed by atoms with Crippen molar-refractivity contribution in [2.45, 2.75) is 25.9 Å². The van der Waals surface area contributed by atoms with Gasteiger partial charge in [0.1, 0.15) is 22.9 Å². The molecule has 5 nitrogen and oxygen atoms in total. The highest BCUT2D eigenvalue weighted by Gasteiger charge is 2.55. The summed E-state index contributed by atoms with van der Waals surface area (Å²) >= 11 is 5.98. The molecule has 1 heterocycles. The Bertz CT molecular complexity index is 904. The number of esters is 1. The number of hydrogen-bond donors (Lipinski definition) is 2. The van der Waals surface area contributed by atoms with Crippen LogP contribution >= 0.6 is 11.6 Å². The van der Waals surface area contributed by atoms with Crippen molar-refractivity contribution in [2.24, 2.45) is 11.8 Å². The molecule has 3 rings (SSSR count). The third kappa shape index (κ3) is 3.73. The number of aromatic hydroxyl groups is 1. The maximum absolute atomic E-state index is 12.6. The van der Waals surface area contributed by atoms with Gasteiger partial charge in [0.25, 0.3) is 0 Å². The number of ether oxygens (including phenoxy) is 2. The van der Waals surface area contributed by atoms with Gasteiger partial charge in [0.05, 0.1) is 18.1 Å². The molecule has 0 amide bonds. The van der Waals surface area contributed by atoms with E-state index >= 15 is 0 Å². The van der Waals surface area contributed by atoms with E-state index in [0.29, 0.717) is 5.75 Å². The summed E-state index contributed by atoms with van der Waals surface area (Å²) in [6.07, 6.45) is 1.93. The lowest BCUT2D eigenvalue weighted by Gasteiger charge is -2.31. The lowest BCUT2D eigenvalue weighted by atomic mass is 9.76. The van der Waals surface area contributed by atoms with E-state index in [1.807, 2.05) is 26.0 Å². The van der Waals surface area contributed by atoms with Gasteiger partial charge in [0, 0.05) is 0 Å². The van der Waals surface area contributed by atoms with Crippen LogP contribution in [0.5, 0.6) is 11.5 Å². The van der Waals surface area contributed by atoms with Gasteiger partial charge in [-0.2, -0.15) is 0 Å². The first kappa shape index (κ1) is 20.2. The van der Waals surface area contributed by atoms with Crippen molar-refractivity contribution in [3.8, 4) is 11.5 Å². The molecule has 28 heavy (non-hydrogen) atoms. The second-order valence-electron chi connectivity index (χ2n) is 7.23. The van der Waals surface area contributed by atoms with E-state index in [4.69, 9.17) is 21.1 Å². The molecule has 0 aliphatic carbocycles. The van der Waals surface area contributed by atoms with Crippen LogP contribution < -0.4 is 4.74 Å². The summed E-state index contributed by atoms with van der Waals surface area (Å²) in [5.74, 6) is -0.614. The quantitative estimate of drug-likeness (QED) is 0.733. The Kier molecular flexibility index (Phi) is 5.68. The Balaban J connectivity index is 1.95. The van der Waals surface area contributed by atoms with Crippen molar-refractivity contribution >= 4 is 23.6 Å². The van der Waals surface area contributed by atoms with Crippen LogP contribution in [-0.4, -0.2) is 28.9 Å². The average Bonchev–Trinajstić information content (AvgIpc) is 2.90. The maximum Gasteiger partial charge on any atom is 0.317 e. The molecule has 0 spiro atoms. The topological polar surface area (TPSA) is 76.0 Å². The monoisotopic (exact) mass is 402 g/mol. The molecule has 2 atom stereocenters. The fourth-order valence-corrected chi connectivity index (χ4v) is 3.65. The molecule has 0 unspecified atom stereocenters. The Labute approximate surface area is 169 Å². The highest BCUT2D eigenvalue weighted by Crippen LogP contribution is 2.44. The van der Waals surface area contributed by atoms with Gasteiger partial charge in [0.15, 0.2) is 0 Å². The molecule has 1 aliphatic heterocycles. The number of cyclic esters (lactones) is 1. The number of halogens is 1. The first-order chi connectivity index (χ1) is 13.3. The van der Waals surface area contributed by atoms with Gasteiger partial charge >= 0.3 is 5.97 Å². The predicted octanol–water partition coefficient (Wildman–Crippen LogP) is 4.20. The number of carbonyl (C=O) groups is 1. The first-order valence-corrected chi connectivity index (χ1v) is 9.41. The summed E-state index contributed by atoms with van der Waals surface area (Å²) in [4.78, 5) is 12.6. The zero-order valence-corrected chi connectivity index (χ0v) is 16.7. The molecule has 0 radical (unpaired) electrons. The van der Waals surface area contributed by atoms with E-state index in [-0.39, 0.29) is 28.9 Å². The molecule has 148 valence electrons. The SMILES string of the molecule is COc1ccc(/C=C2\OC(=O)[C@H](Cc3ccc(O)c(Cl)c3)[C@]2(O)C(C)C)cc1. The molecule has 6 heteroatoms. The van der Waals surface area contributed by atoms with Crippen molar-refractivity contribution < 1.29 is 24.5 Å². The molecule has 0 aromatic heterocycles. The standard InChI is InChI=1S/C22H23ClO5/c1-13(2)22(26)17(10-15-6-9-19(24)18(23)11-15)21(25)28-20(22)12-14-4-7-16(27-3)8-5-14/h4-9,11-13,17,24,26H,10H2,1-3H3/b20-12-/t17-,22+/m0/s1. The van der Waals surface area contributed by atoms with Crippen LogP contribution in [0.25, 0.3) is 6.08 Å². The number of rotatable bonds is 5. The smallest absolute Gasteiger partial charge is 0.317 e. The van der Waals surface area contributed by atoms with Crippen LogP contribution in [0.2, 0.25) is 5.02 Å². The van der Waals surface area contributed by atoms with Crippen LogP contribution in [0.15, 0.2) is 48.2 Å². The van der Waals surface area contributed by atoms with Crippen LogP contribution in [0.4, 0.5) is 0 Å². The van der Waals surface area contributed by atoms with Gasteiger partial charge in [-0.25, -0.2) is 0 Å². The zero-order valence-electron chi connectivity index (χ0n) is 16.0. The van der Waals surface area contributed by atoms with Gasteiger partial charge in [-0.3, -0.25) is 4.79 Å². The van der Waals surface area contributed by atoms with Crippen LogP contribution in [0, 0.1) is 11.8 Å². The van der Waals surface area contributed by atoms with Gasteiger partial charge in [-0.1, -0.05) is 43.6 Å². The minimum atomic E-state index is -1.46. The zero-order chi connectivity index (χ0) is 20.5. The van der Waals surface area contributed by atoms with E-state index in [2.05, 4.69) is 0 Å². The predicted molar refractivity (Wildman–Crippen MR) is 107 cm³/mol. The number of methoxy groups -OCH3 is 1. The third-order valence-electron chi connectivity index (χ3n) is 5.17. The lowest BCUT2D eigenvalue weighted by molar-refractivity contribution is -0.140. The first-order valence-electron chi connectivity index (χ1n) is 9.03. The maximum atomic E-state index is 12.6. The van der Waals surface area contributed by atoms with Crippen LogP contribution in [-0.2, 0) is 16.0 Å². The van der Waals surface area contributed by atoms with Crippen LogP contribution in [0.3, 0.4) is 0 Å². The largest absolute Gasteiger partial charge is 0.506 e. The Hall–Kier alpha value is -2.50. The van der Waals surface area contributed by atoms with Gasteiger partial charge in [0.2, 0.25) is 0 Å². The van der Waals surface area contributed by atoms with Crippen LogP contribution in [0.1, 0.15) is 25.0 Å². The average molecular weight is 403 g/mol. The summed E-state index contributed by atoms with van der Waals surface area (Å²) in [6, 6.07) is 12.0. The van der Waals surface area contributed by atoms with Gasteiger partial charge in [-0.15, -0.1) is 0 Å². The highest BCUT2D eigenvalue weighted by atomic mass is 35.5. The second kappa shape index (κ2) is 7.86. The number of phenols is 1. The van der Waals surface area contributed by atoms with E-state index in [9.17, 15) is 15.0 Å². The number of phenolic OH excluding ortho intramolecular Hbond substituents is 1. The molecule has 1 fully saturated rings. The molecule has 0 bridgehead atoms. The summed E-state index contributed by atoms with van der Waals surface area (Å²) in [6.45, 7) is 3.70. The summed E-state index contributed by atoms with van der Waals surface area (Å²) < 4.78 is 10.6. The van der Waals surface area contributed by atoms with Gasteiger partial charge < -0.3 is 19.7 Å². The molecule has 2 aromatic rings. The van der Waals surface area contributed by atoms with E-state index in [1.54, 1.807) is 37.5 Å². The number of benzene rings is 2. The number of aliphatic hydroxyl groups is 1. The Morgan fingerprint density at radius 3 is 2.50 bits per heavy atom. The van der Waals surface area contributed by atoms with E-state index in [0.717, 1.165) is 11.1 Å². The third-order valence-corrected chi connectivity index (χ3v) is 5.47. The van der Waals surface area contributed by atoms with Crippen molar-refractivity contribution in [3.05, 3.63) is 64.4 Å². The molecule has 1 aliphatic rings. The summed E-state index contributed by atoms with van der Waals surface area (Å²) in [5, 5.41) is 21.3. The Morgan fingerprint density at radius 2 is 1.93 bits per heavy atom. The number of carbonyl (C=O) groups excluding carboxylic acids is 1. The number of hydrogen-bond acceptors (Lipinski definition) is 5. The van der Waals surface area contributed by atoms with Crippen molar-refractivity contribution in [2.75, 3.05) is 7.11 Å². The molecule has 2 N–H and O–H groups in total. The normalized spacial score (nSPS) is 23.3.